The van der Waals surface area contributed by atoms with Crippen LogP contribution < -0.4 is 5.73 Å². The highest BCUT2D eigenvalue weighted by molar-refractivity contribution is 6.33. The molecule has 2 N–H and O–H groups in total. The van der Waals surface area contributed by atoms with Gasteiger partial charge in [0.1, 0.15) is 11.4 Å². The third kappa shape index (κ3) is 3.58. The van der Waals surface area contributed by atoms with E-state index >= 15 is 0 Å². The van der Waals surface area contributed by atoms with Gasteiger partial charge in [-0.25, -0.2) is 4.39 Å². The summed E-state index contributed by atoms with van der Waals surface area (Å²) in [7, 11) is 0. The molecule has 0 radical (unpaired) electrons. The SMILES string of the molecule is CC(C)OCC(C)(N)c1noc(-c2c(F)cccc2Cl)n1. The van der Waals surface area contributed by atoms with Gasteiger partial charge in [-0.1, -0.05) is 22.8 Å². The molecule has 5 nitrogen and oxygen atoms in total. The van der Waals surface area contributed by atoms with Crippen molar-refractivity contribution in [1.82, 2.24) is 10.1 Å². The van der Waals surface area contributed by atoms with Gasteiger partial charge in [0, 0.05) is 0 Å². The summed E-state index contributed by atoms with van der Waals surface area (Å²) in [5.41, 5.74) is 5.24. The molecule has 114 valence electrons. The van der Waals surface area contributed by atoms with Crippen molar-refractivity contribution in [1.29, 1.82) is 0 Å². The first kappa shape index (κ1) is 15.9. The van der Waals surface area contributed by atoms with Crippen molar-refractivity contribution in [3.63, 3.8) is 0 Å². The van der Waals surface area contributed by atoms with E-state index in [1.54, 1.807) is 13.0 Å². The van der Waals surface area contributed by atoms with Crippen LogP contribution in [-0.4, -0.2) is 22.9 Å². The van der Waals surface area contributed by atoms with Crippen molar-refractivity contribution in [2.45, 2.75) is 32.4 Å². The number of benzene rings is 1. The monoisotopic (exact) mass is 313 g/mol. The molecule has 0 fully saturated rings. The van der Waals surface area contributed by atoms with Crippen LogP contribution in [0, 0.1) is 5.82 Å². The highest BCUT2D eigenvalue weighted by Crippen LogP contribution is 2.30. The van der Waals surface area contributed by atoms with Crippen LogP contribution in [0.25, 0.3) is 11.5 Å². The lowest BCUT2D eigenvalue weighted by molar-refractivity contribution is 0.0410. The third-order valence-electron chi connectivity index (χ3n) is 2.83. The molecule has 1 aromatic carbocycles. The summed E-state index contributed by atoms with van der Waals surface area (Å²) in [6.45, 7) is 5.73. The predicted octanol–water partition coefficient (Wildman–Crippen LogP) is 3.13. The fourth-order valence-electron chi connectivity index (χ4n) is 1.66. The van der Waals surface area contributed by atoms with E-state index in [0.717, 1.165) is 0 Å². The lowest BCUT2D eigenvalue weighted by Crippen LogP contribution is -2.40. The summed E-state index contributed by atoms with van der Waals surface area (Å²) < 4.78 is 24.4. The Labute approximate surface area is 127 Å². The smallest absolute Gasteiger partial charge is 0.262 e. The molecule has 1 atom stereocenters. The first-order valence-corrected chi connectivity index (χ1v) is 6.88. The van der Waals surface area contributed by atoms with Crippen LogP contribution in [0.1, 0.15) is 26.6 Å². The number of nitrogens with zero attached hydrogens (tertiary/aromatic N) is 2. The molecular formula is C14H17ClFN3O2. The highest BCUT2D eigenvalue weighted by atomic mass is 35.5. The van der Waals surface area contributed by atoms with Gasteiger partial charge in [-0.15, -0.1) is 0 Å². The Morgan fingerprint density at radius 1 is 1.48 bits per heavy atom. The number of hydrogen-bond acceptors (Lipinski definition) is 5. The van der Waals surface area contributed by atoms with E-state index in [4.69, 9.17) is 26.6 Å². The Kier molecular flexibility index (Phi) is 4.61. The van der Waals surface area contributed by atoms with Crippen molar-refractivity contribution in [3.05, 3.63) is 34.9 Å². The summed E-state index contributed by atoms with van der Waals surface area (Å²) in [6.07, 6.45) is 0.0280. The molecule has 0 saturated carbocycles. The van der Waals surface area contributed by atoms with Gasteiger partial charge in [-0.3, -0.25) is 0 Å². The second-order valence-electron chi connectivity index (χ2n) is 5.30. The van der Waals surface area contributed by atoms with Crippen molar-refractivity contribution >= 4 is 11.6 Å². The molecule has 0 aliphatic rings. The lowest BCUT2D eigenvalue weighted by Gasteiger charge is -2.21. The van der Waals surface area contributed by atoms with E-state index in [-0.39, 0.29) is 35.0 Å². The van der Waals surface area contributed by atoms with E-state index in [1.165, 1.54) is 12.1 Å². The van der Waals surface area contributed by atoms with E-state index in [2.05, 4.69) is 10.1 Å². The minimum absolute atomic E-state index is 0.00526. The number of nitrogens with two attached hydrogens (primary N) is 1. The Hall–Kier alpha value is -1.50. The van der Waals surface area contributed by atoms with Gasteiger partial charge in [0.2, 0.25) is 0 Å². The lowest BCUT2D eigenvalue weighted by atomic mass is 10.1. The number of aromatic nitrogens is 2. The molecule has 1 unspecified atom stereocenters. The largest absolute Gasteiger partial charge is 0.376 e. The topological polar surface area (TPSA) is 74.2 Å². The summed E-state index contributed by atoms with van der Waals surface area (Å²) >= 11 is 5.97. The predicted molar refractivity (Wildman–Crippen MR) is 77.3 cm³/mol. The Bertz CT molecular complexity index is 608. The van der Waals surface area contributed by atoms with Crippen molar-refractivity contribution in [3.8, 4) is 11.5 Å². The maximum atomic E-state index is 13.8. The van der Waals surface area contributed by atoms with Crippen LogP contribution in [0.3, 0.4) is 0 Å². The molecule has 21 heavy (non-hydrogen) atoms. The first-order valence-electron chi connectivity index (χ1n) is 6.50. The molecule has 1 aromatic heterocycles. The van der Waals surface area contributed by atoms with Crippen LogP contribution in [0.5, 0.6) is 0 Å². The Balaban J connectivity index is 2.29. The Morgan fingerprint density at radius 3 is 2.81 bits per heavy atom. The van der Waals surface area contributed by atoms with Gasteiger partial charge < -0.3 is 15.0 Å². The molecule has 1 heterocycles. The fraction of sp³-hybridized carbons (Fsp3) is 0.429. The molecule has 0 spiro atoms. The third-order valence-corrected chi connectivity index (χ3v) is 3.14. The average molecular weight is 314 g/mol. The first-order chi connectivity index (χ1) is 9.81. The van der Waals surface area contributed by atoms with Crippen LogP contribution in [0.2, 0.25) is 5.02 Å². The number of rotatable bonds is 5. The zero-order chi connectivity index (χ0) is 15.6. The van der Waals surface area contributed by atoms with Crippen LogP contribution >= 0.6 is 11.6 Å². The summed E-state index contributed by atoms with van der Waals surface area (Å²) in [5.74, 6) is -0.304. The van der Waals surface area contributed by atoms with Gasteiger partial charge in [-0.05, 0) is 32.9 Å². The molecular weight excluding hydrogens is 297 g/mol. The standard InChI is InChI=1S/C14H17ClFN3O2/c1-8(2)20-7-14(3,17)13-18-12(21-19-13)11-9(15)5-4-6-10(11)16/h4-6,8H,7,17H2,1-3H3. The number of halogens is 2. The highest BCUT2D eigenvalue weighted by Gasteiger charge is 2.29. The molecule has 0 amide bonds. The van der Waals surface area contributed by atoms with E-state index in [9.17, 15) is 4.39 Å². The molecule has 7 heteroatoms. The van der Waals surface area contributed by atoms with Crippen molar-refractivity contribution in [2.75, 3.05) is 6.61 Å². The molecule has 0 aliphatic carbocycles. The zero-order valence-electron chi connectivity index (χ0n) is 12.1. The summed E-state index contributed by atoms with van der Waals surface area (Å²) in [4.78, 5) is 4.14. The normalized spacial score (nSPS) is 14.4. The second-order valence-corrected chi connectivity index (χ2v) is 5.70. The van der Waals surface area contributed by atoms with E-state index in [1.807, 2.05) is 13.8 Å². The van der Waals surface area contributed by atoms with Gasteiger partial charge in [-0.2, -0.15) is 4.98 Å². The minimum atomic E-state index is -0.941. The molecule has 0 aliphatic heterocycles. The fourth-order valence-corrected chi connectivity index (χ4v) is 1.91. The van der Waals surface area contributed by atoms with Gasteiger partial charge >= 0.3 is 0 Å². The van der Waals surface area contributed by atoms with Crippen LogP contribution in [0.15, 0.2) is 22.7 Å². The molecule has 0 saturated heterocycles. The maximum absolute atomic E-state index is 13.8. The van der Waals surface area contributed by atoms with Gasteiger partial charge in [0.05, 0.1) is 23.3 Å². The van der Waals surface area contributed by atoms with Crippen LogP contribution in [0.4, 0.5) is 4.39 Å². The van der Waals surface area contributed by atoms with Gasteiger partial charge in [0.25, 0.3) is 5.89 Å². The second kappa shape index (κ2) is 6.09. The molecule has 2 aromatic rings. The zero-order valence-corrected chi connectivity index (χ0v) is 12.8. The summed E-state index contributed by atoms with van der Waals surface area (Å²) in [5, 5.41) is 4.00. The van der Waals surface area contributed by atoms with Crippen LogP contribution in [-0.2, 0) is 10.3 Å². The minimum Gasteiger partial charge on any atom is -0.376 e. The van der Waals surface area contributed by atoms with Gasteiger partial charge in [0.15, 0.2) is 5.82 Å². The molecule has 0 bridgehead atoms. The summed E-state index contributed by atoms with van der Waals surface area (Å²) in [6, 6.07) is 4.32. The maximum Gasteiger partial charge on any atom is 0.262 e. The Morgan fingerprint density at radius 2 is 2.19 bits per heavy atom. The van der Waals surface area contributed by atoms with Crippen molar-refractivity contribution < 1.29 is 13.7 Å². The molecule has 2 rings (SSSR count). The number of hydrogen-bond donors (Lipinski definition) is 1. The number of ether oxygens (including phenoxy) is 1. The van der Waals surface area contributed by atoms with E-state index in [0.29, 0.717) is 0 Å². The quantitative estimate of drug-likeness (QED) is 0.918. The average Bonchev–Trinajstić information content (AvgIpc) is 2.86. The van der Waals surface area contributed by atoms with Crippen molar-refractivity contribution in [2.24, 2.45) is 5.73 Å². The van der Waals surface area contributed by atoms with E-state index < -0.39 is 11.4 Å².